The van der Waals surface area contributed by atoms with Gasteiger partial charge in [-0.05, 0) is 56.2 Å². The third-order valence-corrected chi connectivity index (χ3v) is 6.22. The predicted octanol–water partition coefficient (Wildman–Crippen LogP) is 6.24. The summed E-state index contributed by atoms with van der Waals surface area (Å²) in [6.45, 7) is 6.24. The van der Waals surface area contributed by atoms with Crippen LogP contribution < -0.4 is 0 Å². The number of carbonyl (C=O) groups is 1. The number of aromatic nitrogens is 2. The van der Waals surface area contributed by atoms with Crippen LogP contribution in [0.25, 0.3) is 11.0 Å². The third-order valence-electron chi connectivity index (χ3n) is 4.51. The van der Waals surface area contributed by atoms with Gasteiger partial charge in [0.05, 0.1) is 23.2 Å². The zero-order valence-corrected chi connectivity index (χ0v) is 19.3. The lowest BCUT2D eigenvalue weighted by Gasteiger charge is -2.10. The Bertz CT molecular complexity index is 1000. The van der Waals surface area contributed by atoms with Crippen LogP contribution in [-0.4, -0.2) is 35.3 Å². The zero-order valence-electron chi connectivity index (χ0n) is 17.0. The van der Waals surface area contributed by atoms with Gasteiger partial charge in [0.25, 0.3) is 0 Å². The average molecular weight is 467 g/mol. The van der Waals surface area contributed by atoms with E-state index in [2.05, 4.69) is 4.57 Å². The predicted molar refractivity (Wildman–Crippen MR) is 123 cm³/mol. The highest BCUT2D eigenvalue weighted by atomic mass is 35.5. The van der Waals surface area contributed by atoms with E-state index in [0.717, 1.165) is 34.7 Å². The van der Waals surface area contributed by atoms with Gasteiger partial charge in [-0.15, -0.1) is 0 Å². The first-order valence-electron chi connectivity index (χ1n) is 9.86. The number of carbonyl (C=O) groups excluding carboxylic acids is 1. The molecular formula is C22H24Cl2N2O3S. The fraction of sp³-hybridized carbons (Fsp3) is 0.364. The van der Waals surface area contributed by atoms with Gasteiger partial charge < -0.3 is 14.0 Å². The number of thioether (sulfide) groups is 1. The fourth-order valence-corrected chi connectivity index (χ4v) is 4.83. The summed E-state index contributed by atoms with van der Waals surface area (Å²) in [5, 5.41) is 2.12. The fourth-order valence-electron chi connectivity index (χ4n) is 3.05. The second-order valence-electron chi connectivity index (χ2n) is 6.51. The van der Waals surface area contributed by atoms with Gasteiger partial charge in [0.15, 0.2) is 5.16 Å². The number of imidazole rings is 1. The molecule has 5 nitrogen and oxygen atoms in total. The average Bonchev–Trinajstić information content (AvgIpc) is 3.07. The number of hydrogen-bond donors (Lipinski definition) is 0. The Balaban J connectivity index is 1.90. The lowest BCUT2D eigenvalue weighted by molar-refractivity contribution is 0.0526. The molecule has 8 heteroatoms. The molecule has 160 valence electrons. The first kappa shape index (κ1) is 22.9. The highest BCUT2D eigenvalue weighted by Gasteiger charge is 2.16. The topological polar surface area (TPSA) is 53.4 Å². The first-order chi connectivity index (χ1) is 14.5. The molecular weight excluding hydrogens is 443 g/mol. The van der Waals surface area contributed by atoms with Crippen molar-refractivity contribution in [2.24, 2.45) is 0 Å². The molecule has 0 aliphatic rings. The quantitative estimate of drug-likeness (QED) is 0.201. The summed E-state index contributed by atoms with van der Waals surface area (Å²) in [5.74, 6) is 0.250. The number of halogens is 2. The van der Waals surface area contributed by atoms with Crippen LogP contribution in [0, 0.1) is 0 Å². The molecule has 0 atom stereocenters. The molecule has 1 aromatic heterocycles. The number of esters is 1. The van der Waals surface area contributed by atoms with Crippen molar-refractivity contribution >= 4 is 52.0 Å². The summed E-state index contributed by atoms with van der Waals surface area (Å²) in [5.41, 5.74) is 3.09. The van der Waals surface area contributed by atoms with Crippen molar-refractivity contribution in [1.29, 1.82) is 0 Å². The molecule has 0 amide bonds. The molecule has 0 saturated carbocycles. The van der Waals surface area contributed by atoms with Crippen LogP contribution >= 0.6 is 35.0 Å². The summed E-state index contributed by atoms with van der Waals surface area (Å²) in [6, 6.07) is 11.0. The Labute approximate surface area is 190 Å². The minimum Gasteiger partial charge on any atom is -0.462 e. The minimum absolute atomic E-state index is 0.336. The summed E-state index contributed by atoms with van der Waals surface area (Å²) in [7, 11) is 0. The number of nitrogens with zero attached hydrogens (tertiary/aromatic N) is 2. The Hall–Kier alpha value is -1.73. The van der Waals surface area contributed by atoms with E-state index in [9.17, 15) is 4.79 Å². The molecule has 0 fully saturated rings. The number of benzene rings is 2. The van der Waals surface area contributed by atoms with Crippen molar-refractivity contribution < 1.29 is 14.3 Å². The zero-order chi connectivity index (χ0) is 21.5. The van der Waals surface area contributed by atoms with Crippen molar-refractivity contribution in [1.82, 2.24) is 9.55 Å². The van der Waals surface area contributed by atoms with Crippen molar-refractivity contribution in [3.8, 4) is 0 Å². The second kappa shape index (κ2) is 11.0. The molecule has 3 aromatic rings. The summed E-state index contributed by atoms with van der Waals surface area (Å²) < 4.78 is 12.7. The SMILES string of the molecule is CCOCCCn1c(SCc2c(Cl)cccc2Cl)nc2cc(C(=O)OCC)ccc21. The van der Waals surface area contributed by atoms with Gasteiger partial charge in [-0.1, -0.05) is 41.0 Å². The molecule has 0 aliphatic heterocycles. The maximum Gasteiger partial charge on any atom is 0.338 e. The van der Waals surface area contributed by atoms with Crippen LogP contribution in [0.2, 0.25) is 10.0 Å². The van der Waals surface area contributed by atoms with Crippen LogP contribution in [0.1, 0.15) is 36.2 Å². The molecule has 3 rings (SSSR count). The maximum absolute atomic E-state index is 12.1. The Kier molecular flexibility index (Phi) is 8.45. The van der Waals surface area contributed by atoms with Gasteiger partial charge in [-0.25, -0.2) is 9.78 Å². The van der Waals surface area contributed by atoms with Crippen molar-refractivity contribution in [3.63, 3.8) is 0 Å². The first-order valence-corrected chi connectivity index (χ1v) is 11.6. The highest BCUT2D eigenvalue weighted by Crippen LogP contribution is 2.33. The summed E-state index contributed by atoms with van der Waals surface area (Å²) >= 11 is 14.2. The van der Waals surface area contributed by atoms with Gasteiger partial charge in [0, 0.05) is 35.6 Å². The second-order valence-corrected chi connectivity index (χ2v) is 8.27. The van der Waals surface area contributed by atoms with Crippen molar-refractivity contribution in [2.75, 3.05) is 19.8 Å². The molecule has 0 saturated heterocycles. The molecule has 0 radical (unpaired) electrons. The van der Waals surface area contributed by atoms with Gasteiger partial charge in [0.1, 0.15) is 0 Å². The number of fused-ring (bicyclic) bond motifs is 1. The number of aryl methyl sites for hydroxylation is 1. The number of rotatable bonds is 10. The van der Waals surface area contributed by atoms with Gasteiger partial charge in [-0.2, -0.15) is 0 Å². The number of hydrogen-bond acceptors (Lipinski definition) is 5. The van der Waals surface area contributed by atoms with Crippen LogP contribution in [0.15, 0.2) is 41.6 Å². The van der Waals surface area contributed by atoms with Crippen LogP contribution in [0.4, 0.5) is 0 Å². The molecule has 30 heavy (non-hydrogen) atoms. The smallest absolute Gasteiger partial charge is 0.338 e. The Morgan fingerprint density at radius 2 is 1.90 bits per heavy atom. The molecule has 2 aromatic carbocycles. The van der Waals surface area contributed by atoms with Gasteiger partial charge in [-0.3, -0.25) is 0 Å². The maximum atomic E-state index is 12.1. The van der Waals surface area contributed by atoms with Gasteiger partial charge in [0.2, 0.25) is 0 Å². The van der Waals surface area contributed by atoms with E-state index in [1.165, 1.54) is 0 Å². The van der Waals surface area contributed by atoms with Crippen LogP contribution in [0.3, 0.4) is 0 Å². The minimum atomic E-state index is -0.345. The molecule has 0 spiro atoms. The number of ether oxygens (including phenoxy) is 2. The van der Waals surface area contributed by atoms with Gasteiger partial charge >= 0.3 is 5.97 Å². The van der Waals surface area contributed by atoms with E-state index in [4.69, 9.17) is 37.7 Å². The van der Waals surface area contributed by atoms with E-state index in [1.54, 1.807) is 30.8 Å². The third kappa shape index (κ3) is 5.49. The van der Waals surface area contributed by atoms with Crippen LogP contribution in [-0.2, 0) is 21.8 Å². The lowest BCUT2D eigenvalue weighted by Crippen LogP contribution is -2.05. The van der Waals surface area contributed by atoms with Crippen LogP contribution in [0.5, 0.6) is 0 Å². The largest absolute Gasteiger partial charge is 0.462 e. The van der Waals surface area contributed by atoms with E-state index in [0.29, 0.717) is 41.2 Å². The van der Waals surface area contributed by atoms with Crippen molar-refractivity contribution in [2.45, 2.75) is 37.7 Å². The lowest BCUT2D eigenvalue weighted by atomic mass is 10.2. The normalized spacial score (nSPS) is 11.2. The monoisotopic (exact) mass is 466 g/mol. The molecule has 1 heterocycles. The standard InChI is InChI=1S/C22H24Cl2N2O3S/c1-3-28-12-6-11-26-20-10-9-15(21(27)29-4-2)13-19(20)25-22(26)30-14-16-17(23)7-5-8-18(16)24/h5,7-10,13H,3-4,6,11-12,14H2,1-2H3. The summed E-state index contributed by atoms with van der Waals surface area (Å²) in [6.07, 6.45) is 0.860. The highest BCUT2D eigenvalue weighted by molar-refractivity contribution is 7.98. The molecule has 0 aliphatic carbocycles. The van der Waals surface area contributed by atoms with Crippen molar-refractivity contribution in [3.05, 3.63) is 57.6 Å². The van der Waals surface area contributed by atoms with E-state index in [1.807, 2.05) is 31.2 Å². The summed E-state index contributed by atoms with van der Waals surface area (Å²) in [4.78, 5) is 16.9. The Morgan fingerprint density at radius 1 is 1.13 bits per heavy atom. The van der Waals surface area contributed by atoms with E-state index >= 15 is 0 Å². The molecule has 0 unspecified atom stereocenters. The van der Waals surface area contributed by atoms with E-state index in [-0.39, 0.29) is 5.97 Å². The Morgan fingerprint density at radius 3 is 2.60 bits per heavy atom. The molecule has 0 bridgehead atoms. The molecule has 0 N–H and O–H groups in total. The van der Waals surface area contributed by atoms with E-state index < -0.39 is 0 Å².